The van der Waals surface area contributed by atoms with E-state index in [2.05, 4.69) is 26.5 Å². The molecule has 1 aliphatic rings. The second-order valence-electron chi connectivity index (χ2n) is 3.37. The van der Waals surface area contributed by atoms with Crippen LogP contribution in [0, 0.1) is 5.41 Å². The number of hydrogen-bond donors (Lipinski definition) is 1. The summed E-state index contributed by atoms with van der Waals surface area (Å²) in [5, 5.41) is 0. The van der Waals surface area contributed by atoms with Crippen LogP contribution in [0.15, 0.2) is 0 Å². The molecule has 1 saturated heterocycles. The van der Waals surface area contributed by atoms with Crippen LogP contribution in [-0.2, 0) is 4.74 Å². The Balaban J connectivity index is 2.46. The van der Waals surface area contributed by atoms with Crippen LogP contribution in [0.25, 0.3) is 0 Å². The molecule has 0 bridgehead atoms. The Morgan fingerprint density at radius 1 is 1.60 bits per heavy atom. The Labute approximate surface area is 74.0 Å². The highest BCUT2D eigenvalue weighted by atomic mass is 35.5. The van der Waals surface area contributed by atoms with E-state index in [1.54, 1.807) is 0 Å². The summed E-state index contributed by atoms with van der Waals surface area (Å²) in [5.41, 5.74) is 0.291. The summed E-state index contributed by atoms with van der Waals surface area (Å²) >= 11 is 10.0. The predicted octanol–water partition coefficient (Wildman–Crippen LogP) is 2.50. The van der Waals surface area contributed by atoms with Gasteiger partial charge in [-0.2, -0.15) is 0 Å². The second-order valence-corrected chi connectivity index (χ2v) is 6.94. The molecule has 0 radical (unpaired) electrons. The summed E-state index contributed by atoms with van der Waals surface area (Å²) in [4.78, 5) is 0. The van der Waals surface area contributed by atoms with E-state index >= 15 is 0 Å². The molecule has 4 heteroatoms. The first-order valence-electron chi connectivity index (χ1n) is 3.22. The summed E-state index contributed by atoms with van der Waals surface area (Å²) < 4.78 is 4.65. The number of thiol groups is 1. The lowest BCUT2D eigenvalue weighted by Crippen LogP contribution is -2.32. The Hall–Kier alpha value is 1.03. The first-order chi connectivity index (χ1) is 4.41. The summed E-state index contributed by atoms with van der Waals surface area (Å²) in [6.07, 6.45) is 1.11. The van der Waals surface area contributed by atoms with E-state index in [1.807, 2.05) is 0 Å². The van der Waals surface area contributed by atoms with Gasteiger partial charge in [-0.05, 0) is 11.6 Å². The van der Waals surface area contributed by atoms with Crippen molar-refractivity contribution in [2.24, 2.45) is 5.41 Å². The monoisotopic (exact) mass is 198 g/mol. The SMILES string of the molecule is CC1(C)COC(S)(Cl)PC1. The molecule has 1 aliphatic heterocycles. The molecule has 0 aromatic carbocycles. The summed E-state index contributed by atoms with van der Waals surface area (Å²) in [6, 6.07) is 0. The fourth-order valence-electron chi connectivity index (χ4n) is 0.741. The Kier molecular flexibility index (Phi) is 2.57. The van der Waals surface area contributed by atoms with Crippen LogP contribution in [0.2, 0.25) is 0 Å². The number of ether oxygens (including phenoxy) is 1. The molecule has 0 aliphatic carbocycles. The van der Waals surface area contributed by atoms with Gasteiger partial charge in [0.2, 0.25) is 4.13 Å². The van der Waals surface area contributed by atoms with Gasteiger partial charge in [0.05, 0.1) is 6.61 Å². The third-order valence-corrected chi connectivity index (χ3v) is 4.27. The number of halogens is 1. The highest BCUT2D eigenvalue weighted by molar-refractivity contribution is 7.90. The molecular formula is C6H12ClOPS. The smallest absolute Gasteiger partial charge is 0.201 e. The van der Waals surface area contributed by atoms with Gasteiger partial charge < -0.3 is 4.74 Å². The molecule has 0 amide bonds. The molecule has 2 atom stereocenters. The zero-order valence-electron chi connectivity index (χ0n) is 6.15. The minimum absolute atomic E-state index is 0.291. The fraction of sp³-hybridized carbons (Fsp3) is 1.00. The zero-order valence-corrected chi connectivity index (χ0v) is 8.80. The van der Waals surface area contributed by atoms with Crippen LogP contribution >= 0.6 is 32.8 Å². The minimum Gasteiger partial charge on any atom is -0.347 e. The average molecular weight is 199 g/mol. The van der Waals surface area contributed by atoms with Crippen molar-refractivity contribution in [1.82, 2.24) is 0 Å². The van der Waals surface area contributed by atoms with Gasteiger partial charge in [0, 0.05) is 0 Å². The van der Waals surface area contributed by atoms with Crippen molar-refractivity contribution in [2.75, 3.05) is 12.8 Å². The van der Waals surface area contributed by atoms with Crippen LogP contribution in [0.1, 0.15) is 13.8 Å². The van der Waals surface area contributed by atoms with Crippen molar-refractivity contribution >= 4 is 32.8 Å². The van der Waals surface area contributed by atoms with Crippen LogP contribution in [-0.4, -0.2) is 16.9 Å². The minimum atomic E-state index is -0.671. The standard InChI is InChI=1S/C6H12ClOPS/c1-5(2)3-8-6(7,10)9-4-5/h9-10H,3-4H2,1-2H3. The average Bonchev–Trinajstić information content (AvgIpc) is 1.79. The fourth-order valence-corrected chi connectivity index (χ4v) is 2.27. The second kappa shape index (κ2) is 2.82. The summed E-state index contributed by atoms with van der Waals surface area (Å²) in [7, 11) is 0.587. The highest BCUT2D eigenvalue weighted by Gasteiger charge is 2.34. The van der Waals surface area contributed by atoms with E-state index in [-0.39, 0.29) is 0 Å². The van der Waals surface area contributed by atoms with Crippen LogP contribution < -0.4 is 0 Å². The maximum absolute atomic E-state index is 5.85. The molecule has 0 saturated carbocycles. The number of alkyl halides is 1. The normalized spacial score (nSPS) is 42.0. The van der Waals surface area contributed by atoms with Crippen molar-refractivity contribution < 1.29 is 4.74 Å². The van der Waals surface area contributed by atoms with Crippen molar-refractivity contribution in [3.63, 3.8) is 0 Å². The van der Waals surface area contributed by atoms with Gasteiger partial charge in [0.1, 0.15) is 0 Å². The summed E-state index contributed by atoms with van der Waals surface area (Å²) in [5.74, 6) is 0. The van der Waals surface area contributed by atoms with Gasteiger partial charge >= 0.3 is 0 Å². The quantitative estimate of drug-likeness (QED) is 0.358. The molecule has 2 unspecified atom stereocenters. The Morgan fingerprint density at radius 2 is 2.20 bits per heavy atom. The van der Waals surface area contributed by atoms with E-state index in [0.29, 0.717) is 20.6 Å². The van der Waals surface area contributed by atoms with Crippen molar-refractivity contribution in [3.8, 4) is 0 Å². The lowest BCUT2D eigenvalue weighted by atomic mass is 9.98. The van der Waals surface area contributed by atoms with E-state index < -0.39 is 4.13 Å². The molecule has 1 fully saturated rings. The molecule has 1 heterocycles. The maximum atomic E-state index is 5.85. The third-order valence-electron chi connectivity index (χ3n) is 1.44. The molecule has 1 rings (SSSR count). The van der Waals surface area contributed by atoms with E-state index in [1.165, 1.54) is 0 Å². The molecule has 0 N–H and O–H groups in total. The molecule has 10 heavy (non-hydrogen) atoms. The maximum Gasteiger partial charge on any atom is 0.201 e. The van der Waals surface area contributed by atoms with Crippen LogP contribution in [0.4, 0.5) is 0 Å². The first-order valence-corrected chi connectivity index (χ1v) is 5.25. The van der Waals surface area contributed by atoms with Gasteiger partial charge in [0.25, 0.3) is 0 Å². The predicted molar refractivity (Wildman–Crippen MR) is 50.5 cm³/mol. The van der Waals surface area contributed by atoms with E-state index in [9.17, 15) is 0 Å². The number of rotatable bonds is 0. The Bertz CT molecular complexity index is 110. The van der Waals surface area contributed by atoms with Crippen molar-refractivity contribution in [2.45, 2.75) is 18.0 Å². The van der Waals surface area contributed by atoms with E-state index in [4.69, 9.17) is 16.3 Å². The first kappa shape index (κ1) is 9.12. The molecule has 0 aromatic rings. The lowest BCUT2D eigenvalue weighted by Gasteiger charge is -2.36. The van der Waals surface area contributed by atoms with Crippen LogP contribution in [0.5, 0.6) is 0 Å². The van der Waals surface area contributed by atoms with Gasteiger partial charge in [-0.15, -0.1) is 12.6 Å². The molecule has 1 nitrogen and oxygen atoms in total. The molecule has 0 spiro atoms. The van der Waals surface area contributed by atoms with Gasteiger partial charge in [-0.3, -0.25) is 0 Å². The molecule has 60 valence electrons. The van der Waals surface area contributed by atoms with E-state index in [0.717, 1.165) is 6.16 Å². The largest absolute Gasteiger partial charge is 0.347 e. The lowest BCUT2D eigenvalue weighted by molar-refractivity contribution is 0.0616. The topological polar surface area (TPSA) is 9.23 Å². The molecular weight excluding hydrogens is 187 g/mol. The van der Waals surface area contributed by atoms with Gasteiger partial charge in [0.15, 0.2) is 0 Å². The van der Waals surface area contributed by atoms with Crippen LogP contribution in [0.3, 0.4) is 0 Å². The summed E-state index contributed by atoms with van der Waals surface area (Å²) in [6.45, 7) is 5.08. The highest BCUT2D eigenvalue weighted by Crippen LogP contribution is 2.48. The molecule has 0 aromatic heterocycles. The third kappa shape index (κ3) is 2.58. The zero-order chi connectivity index (χ0) is 7.83. The van der Waals surface area contributed by atoms with Gasteiger partial charge in [-0.1, -0.05) is 34.0 Å². The number of hydrogen-bond acceptors (Lipinski definition) is 2. The van der Waals surface area contributed by atoms with Crippen molar-refractivity contribution in [1.29, 1.82) is 0 Å². The van der Waals surface area contributed by atoms with Gasteiger partial charge in [-0.25, -0.2) is 0 Å². The van der Waals surface area contributed by atoms with Crippen molar-refractivity contribution in [3.05, 3.63) is 0 Å². The Morgan fingerprint density at radius 3 is 2.50 bits per heavy atom.